The fourth-order valence-electron chi connectivity index (χ4n) is 3.15. The van der Waals surface area contributed by atoms with E-state index in [1.165, 1.54) is 12.1 Å². The Hall–Kier alpha value is -1.46. The molecule has 23 heavy (non-hydrogen) atoms. The molecule has 0 bridgehead atoms. The number of piperidine rings is 1. The number of rotatable bonds is 5. The highest BCUT2D eigenvalue weighted by molar-refractivity contribution is 5.81. The van der Waals surface area contributed by atoms with Crippen LogP contribution in [0.2, 0.25) is 0 Å². The van der Waals surface area contributed by atoms with Gasteiger partial charge in [0.1, 0.15) is 5.82 Å². The fraction of sp³-hybridized carbons (Fsp3) is 0.611. The SMILES string of the molecule is CC(NC(=O)C(C)N1CCCC(C)(CO)C1)c1ccc(F)cc1. The van der Waals surface area contributed by atoms with E-state index in [4.69, 9.17) is 0 Å². The predicted octanol–water partition coefficient (Wildman–Crippen LogP) is 2.49. The van der Waals surface area contributed by atoms with Crippen molar-refractivity contribution in [2.24, 2.45) is 5.41 Å². The zero-order chi connectivity index (χ0) is 17.0. The second kappa shape index (κ2) is 7.41. The third-order valence-electron chi connectivity index (χ3n) is 4.85. The molecule has 0 radical (unpaired) electrons. The fourth-order valence-corrected chi connectivity index (χ4v) is 3.15. The first kappa shape index (κ1) is 17.9. The summed E-state index contributed by atoms with van der Waals surface area (Å²) < 4.78 is 13.0. The minimum Gasteiger partial charge on any atom is -0.396 e. The first-order valence-corrected chi connectivity index (χ1v) is 8.25. The number of halogens is 1. The van der Waals surface area contributed by atoms with Crippen LogP contribution in [0.5, 0.6) is 0 Å². The number of aliphatic hydroxyl groups is 1. The predicted molar refractivity (Wildman–Crippen MR) is 88.4 cm³/mol. The summed E-state index contributed by atoms with van der Waals surface area (Å²) in [6.45, 7) is 7.59. The van der Waals surface area contributed by atoms with Crippen molar-refractivity contribution in [1.29, 1.82) is 0 Å². The van der Waals surface area contributed by atoms with Crippen LogP contribution in [-0.4, -0.2) is 41.7 Å². The quantitative estimate of drug-likeness (QED) is 0.876. The number of hydrogen-bond donors (Lipinski definition) is 2. The van der Waals surface area contributed by atoms with Crippen LogP contribution < -0.4 is 5.32 Å². The average molecular weight is 322 g/mol. The van der Waals surface area contributed by atoms with E-state index in [1.807, 2.05) is 13.8 Å². The molecule has 1 aromatic rings. The molecule has 2 N–H and O–H groups in total. The smallest absolute Gasteiger partial charge is 0.237 e. The lowest BCUT2D eigenvalue weighted by Crippen LogP contribution is -2.52. The molecule has 1 heterocycles. The molecule has 1 amide bonds. The maximum Gasteiger partial charge on any atom is 0.237 e. The monoisotopic (exact) mass is 322 g/mol. The van der Waals surface area contributed by atoms with E-state index in [1.54, 1.807) is 12.1 Å². The molecule has 1 saturated heterocycles. The number of nitrogens with zero attached hydrogens (tertiary/aromatic N) is 1. The van der Waals surface area contributed by atoms with Gasteiger partial charge in [0.15, 0.2) is 0 Å². The van der Waals surface area contributed by atoms with Crippen LogP contribution >= 0.6 is 0 Å². The lowest BCUT2D eigenvalue weighted by Gasteiger charge is -2.41. The van der Waals surface area contributed by atoms with Gasteiger partial charge in [-0.15, -0.1) is 0 Å². The van der Waals surface area contributed by atoms with Gasteiger partial charge in [-0.3, -0.25) is 9.69 Å². The van der Waals surface area contributed by atoms with E-state index < -0.39 is 0 Å². The van der Waals surface area contributed by atoms with Crippen molar-refractivity contribution in [2.45, 2.75) is 45.7 Å². The summed E-state index contributed by atoms with van der Waals surface area (Å²) in [5.74, 6) is -0.318. The van der Waals surface area contributed by atoms with Crippen molar-refractivity contribution in [2.75, 3.05) is 19.7 Å². The van der Waals surface area contributed by atoms with E-state index in [9.17, 15) is 14.3 Å². The Morgan fingerprint density at radius 1 is 1.39 bits per heavy atom. The number of carbonyl (C=O) groups is 1. The summed E-state index contributed by atoms with van der Waals surface area (Å²) in [5, 5.41) is 12.5. The molecule has 1 aliphatic rings. The zero-order valence-electron chi connectivity index (χ0n) is 14.2. The number of likely N-dealkylation sites (tertiary alicyclic amines) is 1. The van der Waals surface area contributed by atoms with Crippen LogP contribution in [0, 0.1) is 11.2 Å². The molecular formula is C18H27FN2O2. The molecule has 128 valence electrons. The van der Waals surface area contributed by atoms with Gasteiger partial charge in [-0.1, -0.05) is 19.1 Å². The van der Waals surface area contributed by atoms with Gasteiger partial charge in [0, 0.05) is 18.6 Å². The van der Waals surface area contributed by atoms with Gasteiger partial charge in [-0.2, -0.15) is 0 Å². The Bertz CT molecular complexity index is 534. The van der Waals surface area contributed by atoms with Crippen molar-refractivity contribution in [3.63, 3.8) is 0 Å². The van der Waals surface area contributed by atoms with Crippen LogP contribution in [0.4, 0.5) is 4.39 Å². The largest absolute Gasteiger partial charge is 0.396 e. The van der Waals surface area contributed by atoms with E-state index >= 15 is 0 Å². The summed E-state index contributed by atoms with van der Waals surface area (Å²) in [7, 11) is 0. The van der Waals surface area contributed by atoms with Crippen molar-refractivity contribution >= 4 is 5.91 Å². The van der Waals surface area contributed by atoms with Crippen molar-refractivity contribution in [3.8, 4) is 0 Å². The van der Waals surface area contributed by atoms with Gasteiger partial charge < -0.3 is 10.4 Å². The summed E-state index contributed by atoms with van der Waals surface area (Å²) in [5.41, 5.74) is 0.751. The lowest BCUT2D eigenvalue weighted by atomic mass is 9.82. The maximum absolute atomic E-state index is 13.0. The minimum atomic E-state index is -0.280. The molecule has 0 aliphatic carbocycles. The number of amides is 1. The van der Waals surface area contributed by atoms with Gasteiger partial charge in [-0.25, -0.2) is 4.39 Å². The molecule has 5 heteroatoms. The summed E-state index contributed by atoms with van der Waals surface area (Å²) in [6, 6.07) is 5.77. The van der Waals surface area contributed by atoms with Crippen LogP contribution in [-0.2, 0) is 4.79 Å². The van der Waals surface area contributed by atoms with Gasteiger partial charge >= 0.3 is 0 Å². The van der Waals surface area contributed by atoms with E-state index in [0.717, 1.165) is 31.5 Å². The highest BCUT2D eigenvalue weighted by Gasteiger charge is 2.34. The molecular weight excluding hydrogens is 295 g/mol. The lowest BCUT2D eigenvalue weighted by molar-refractivity contribution is -0.128. The average Bonchev–Trinajstić information content (AvgIpc) is 2.54. The van der Waals surface area contributed by atoms with Gasteiger partial charge in [0.05, 0.1) is 12.1 Å². The Balaban J connectivity index is 1.95. The number of carbonyl (C=O) groups excluding carboxylic acids is 1. The van der Waals surface area contributed by atoms with Crippen molar-refractivity contribution < 1.29 is 14.3 Å². The molecule has 4 nitrogen and oxygen atoms in total. The van der Waals surface area contributed by atoms with Crippen LogP contribution in [0.15, 0.2) is 24.3 Å². The van der Waals surface area contributed by atoms with Gasteiger partial charge in [0.2, 0.25) is 5.91 Å². The molecule has 0 saturated carbocycles. The topological polar surface area (TPSA) is 52.6 Å². The van der Waals surface area contributed by atoms with Crippen molar-refractivity contribution in [1.82, 2.24) is 10.2 Å². The first-order chi connectivity index (χ1) is 10.8. The van der Waals surface area contributed by atoms with E-state index in [0.29, 0.717) is 0 Å². The Morgan fingerprint density at radius 2 is 2.04 bits per heavy atom. The highest BCUT2D eigenvalue weighted by atomic mass is 19.1. The highest BCUT2D eigenvalue weighted by Crippen LogP contribution is 2.29. The Kier molecular flexibility index (Phi) is 5.76. The number of aliphatic hydroxyl groups excluding tert-OH is 1. The number of nitrogens with one attached hydrogen (secondary N) is 1. The zero-order valence-corrected chi connectivity index (χ0v) is 14.2. The molecule has 0 spiro atoms. The molecule has 1 aromatic carbocycles. The minimum absolute atomic E-state index is 0.0379. The summed E-state index contributed by atoms with van der Waals surface area (Å²) in [6.07, 6.45) is 1.97. The van der Waals surface area contributed by atoms with Gasteiger partial charge in [-0.05, 0) is 50.9 Å². The standard InChI is InChI=1S/C18H27FN2O2/c1-13(15-5-7-16(19)8-6-15)20-17(23)14(2)21-10-4-9-18(3,11-21)12-22/h5-8,13-14,22H,4,9-12H2,1-3H3,(H,20,23). The third kappa shape index (κ3) is 4.52. The second-order valence-electron chi connectivity index (χ2n) is 7.00. The molecule has 0 aromatic heterocycles. The molecule has 1 fully saturated rings. The maximum atomic E-state index is 13.0. The third-order valence-corrected chi connectivity index (χ3v) is 4.85. The second-order valence-corrected chi connectivity index (χ2v) is 7.00. The Labute approximate surface area is 137 Å². The Morgan fingerprint density at radius 3 is 2.65 bits per heavy atom. The molecule has 2 rings (SSSR count). The van der Waals surface area contributed by atoms with Crippen LogP contribution in [0.25, 0.3) is 0 Å². The van der Waals surface area contributed by atoms with Gasteiger partial charge in [0.25, 0.3) is 0 Å². The van der Waals surface area contributed by atoms with E-state index in [-0.39, 0.29) is 35.8 Å². The van der Waals surface area contributed by atoms with Crippen LogP contribution in [0.1, 0.15) is 45.2 Å². The molecule has 1 aliphatic heterocycles. The normalized spacial score (nSPS) is 24.9. The number of benzene rings is 1. The van der Waals surface area contributed by atoms with Crippen LogP contribution in [0.3, 0.4) is 0 Å². The van der Waals surface area contributed by atoms with E-state index in [2.05, 4.69) is 17.1 Å². The summed E-state index contributed by atoms with van der Waals surface area (Å²) in [4.78, 5) is 14.6. The molecule has 3 atom stereocenters. The first-order valence-electron chi connectivity index (χ1n) is 8.25. The number of hydrogen-bond acceptors (Lipinski definition) is 3. The molecule has 3 unspecified atom stereocenters. The van der Waals surface area contributed by atoms with Crippen molar-refractivity contribution in [3.05, 3.63) is 35.6 Å². The summed E-state index contributed by atoms with van der Waals surface area (Å²) >= 11 is 0.